The van der Waals surface area contributed by atoms with Crippen molar-refractivity contribution in [1.82, 2.24) is 19.7 Å². The Kier molecular flexibility index (Phi) is 7.59. The predicted molar refractivity (Wildman–Crippen MR) is 122 cm³/mol. The molecule has 0 aliphatic carbocycles. The van der Waals surface area contributed by atoms with Gasteiger partial charge in [0, 0.05) is 51.8 Å². The van der Waals surface area contributed by atoms with Crippen molar-refractivity contribution in [2.45, 2.75) is 46.7 Å². The number of anilines is 1. The van der Waals surface area contributed by atoms with E-state index in [4.69, 9.17) is 0 Å². The fraction of sp³-hybridized carbons (Fsp3) is 0.636. The minimum atomic E-state index is -0.468. The van der Waals surface area contributed by atoms with Crippen molar-refractivity contribution >= 4 is 35.3 Å². The summed E-state index contributed by atoms with van der Waals surface area (Å²) in [4.78, 5) is 47.4. The van der Waals surface area contributed by atoms with Crippen molar-refractivity contribution in [3.63, 3.8) is 0 Å². The minimum Gasteiger partial charge on any atom is -0.340 e. The van der Waals surface area contributed by atoms with Gasteiger partial charge in [-0.3, -0.25) is 19.3 Å². The standard InChI is InChI=1S/C22H33N5O3S/c1-16(28)26-10-8-25(9-11-26)13-17-6-5-7-19(23-17)24-21(30)18-14-31-15-27(18)20(29)12-22(2,3)4/h5-7,18H,8-15H2,1-4H3,(H,23,24,30)/t18-/m0/s1. The van der Waals surface area contributed by atoms with Crippen LogP contribution in [0.1, 0.15) is 39.8 Å². The van der Waals surface area contributed by atoms with Gasteiger partial charge in [0.15, 0.2) is 0 Å². The van der Waals surface area contributed by atoms with E-state index < -0.39 is 6.04 Å². The van der Waals surface area contributed by atoms with Crippen molar-refractivity contribution in [2.24, 2.45) is 5.41 Å². The molecule has 170 valence electrons. The van der Waals surface area contributed by atoms with E-state index in [2.05, 4.69) is 15.2 Å². The van der Waals surface area contributed by atoms with Gasteiger partial charge in [-0.2, -0.15) is 0 Å². The number of amides is 3. The fourth-order valence-corrected chi connectivity index (χ4v) is 4.94. The fourth-order valence-electron chi connectivity index (χ4n) is 3.76. The third-order valence-electron chi connectivity index (χ3n) is 5.45. The van der Waals surface area contributed by atoms with Gasteiger partial charge in [0.2, 0.25) is 17.7 Å². The lowest BCUT2D eigenvalue weighted by Crippen LogP contribution is -2.47. The monoisotopic (exact) mass is 447 g/mol. The second-order valence-corrected chi connectivity index (χ2v) is 10.4. The highest BCUT2D eigenvalue weighted by molar-refractivity contribution is 7.99. The van der Waals surface area contributed by atoms with E-state index in [0.717, 1.165) is 31.9 Å². The van der Waals surface area contributed by atoms with Gasteiger partial charge < -0.3 is 15.1 Å². The highest BCUT2D eigenvalue weighted by Crippen LogP contribution is 2.27. The van der Waals surface area contributed by atoms with Crippen LogP contribution in [0.3, 0.4) is 0 Å². The highest BCUT2D eigenvalue weighted by atomic mass is 32.2. The lowest BCUT2D eigenvalue weighted by atomic mass is 9.91. The van der Waals surface area contributed by atoms with Crippen LogP contribution in [-0.2, 0) is 20.9 Å². The second-order valence-electron chi connectivity index (χ2n) is 9.40. The van der Waals surface area contributed by atoms with E-state index in [1.165, 1.54) is 0 Å². The molecule has 31 heavy (non-hydrogen) atoms. The van der Waals surface area contributed by atoms with Crippen molar-refractivity contribution in [2.75, 3.05) is 43.1 Å². The second kappa shape index (κ2) is 9.99. The van der Waals surface area contributed by atoms with Gasteiger partial charge >= 0.3 is 0 Å². The van der Waals surface area contributed by atoms with E-state index in [1.807, 2.05) is 37.8 Å². The van der Waals surface area contributed by atoms with Gasteiger partial charge in [-0.25, -0.2) is 4.98 Å². The van der Waals surface area contributed by atoms with Crippen molar-refractivity contribution < 1.29 is 14.4 Å². The zero-order valence-electron chi connectivity index (χ0n) is 18.9. The summed E-state index contributed by atoms with van der Waals surface area (Å²) in [7, 11) is 0. The van der Waals surface area contributed by atoms with Crippen LogP contribution >= 0.6 is 11.8 Å². The summed E-state index contributed by atoms with van der Waals surface area (Å²) in [5, 5.41) is 2.90. The third kappa shape index (κ3) is 6.67. The zero-order chi connectivity index (χ0) is 22.6. The number of piperazine rings is 1. The number of nitrogens with one attached hydrogen (secondary N) is 1. The SMILES string of the molecule is CC(=O)N1CCN(Cc2cccc(NC(=O)[C@@H]3CSCN3C(=O)CC(C)(C)C)n2)CC1. The molecule has 2 aliphatic heterocycles. The maximum atomic E-state index is 12.9. The molecule has 1 N–H and O–H groups in total. The topological polar surface area (TPSA) is 85.9 Å². The summed E-state index contributed by atoms with van der Waals surface area (Å²) in [5.41, 5.74) is 0.757. The molecule has 0 saturated carbocycles. The molecule has 1 aromatic rings. The van der Waals surface area contributed by atoms with E-state index >= 15 is 0 Å². The normalized spacial score (nSPS) is 20.1. The van der Waals surface area contributed by atoms with Crippen LogP contribution in [0.15, 0.2) is 18.2 Å². The molecule has 2 saturated heterocycles. The van der Waals surface area contributed by atoms with Crippen LogP contribution in [0.25, 0.3) is 0 Å². The molecular weight excluding hydrogens is 414 g/mol. The molecule has 1 aromatic heterocycles. The van der Waals surface area contributed by atoms with Gasteiger partial charge in [-0.1, -0.05) is 26.8 Å². The maximum Gasteiger partial charge on any atom is 0.249 e. The van der Waals surface area contributed by atoms with Gasteiger partial charge in [-0.15, -0.1) is 11.8 Å². The number of thioether (sulfide) groups is 1. The number of hydrogen-bond donors (Lipinski definition) is 1. The van der Waals surface area contributed by atoms with E-state index in [9.17, 15) is 14.4 Å². The van der Waals surface area contributed by atoms with Crippen LogP contribution in [0, 0.1) is 5.41 Å². The minimum absolute atomic E-state index is 0.0177. The van der Waals surface area contributed by atoms with E-state index in [-0.39, 0.29) is 23.1 Å². The summed E-state index contributed by atoms with van der Waals surface area (Å²) in [6.07, 6.45) is 0.419. The largest absolute Gasteiger partial charge is 0.340 e. The first-order valence-corrected chi connectivity index (χ1v) is 11.9. The number of pyridine rings is 1. The highest BCUT2D eigenvalue weighted by Gasteiger charge is 2.36. The number of carbonyl (C=O) groups is 3. The summed E-state index contributed by atoms with van der Waals surface area (Å²) in [5.74, 6) is 1.60. The Balaban J connectivity index is 1.57. The third-order valence-corrected chi connectivity index (χ3v) is 6.46. The predicted octanol–water partition coefficient (Wildman–Crippen LogP) is 2.02. The Labute approximate surface area is 188 Å². The van der Waals surface area contributed by atoms with Gasteiger partial charge in [0.25, 0.3) is 0 Å². The van der Waals surface area contributed by atoms with Crippen molar-refractivity contribution in [1.29, 1.82) is 0 Å². The molecule has 0 aromatic carbocycles. The molecule has 3 heterocycles. The van der Waals surface area contributed by atoms with E-state index in [1.54, 1.807) is 29.7 Å². The Hall–Kier alpha value is -2.13. The average molecular weight is 448 g/mol. The molecule has 2 aliphatic rings. The summed E-state index contributed by atoms with van der Waals surface area (Å²) < 4.78 is 0. The number of carbonyl (C=O) groups excluding carboxylic acids is 3. The molecule has 1 atom stereocenters. The molecule has 3 amide bonds. The number of aromatic nitrogens is 1. The molecule has 0 bridgehead atoms. The molecular formula is C22H33N5O3S. The molecule has 3 rings (SSSR count). The van der Waals surface area contributed by atoms with Crippen LogP contribution in [-0.4, -0.2) is 81.3 Å². The van der Waals surface area contributed by atoms with Crippen LogP contribution in [0.4, 0.5) is 5.82 Å². The Morgan fingerprint density at radius 1 is 1.16 bits per heavy atom. The summed E-state index contributed by atoms with van der Waals surface area (Å²) in [6, 6.07) is 5.14. The average Bonchev–Trinajstić information content (AvgIpc) is 3.18. The quantitative estimate of drug-likeness (QED) is 0.743. The van der Waals surface area contributed by atoms with Crippen molar-refractivity contribution in [3.05, 3.63) is 23.9 Å². The first-order chi connectivity index (χ1) is 14.6. The lowest BCUT2D eigenvalue weighted by molar-refractivity contribution is -0.137. The molecule has 0 unspecified atom stereocenters. The number of nitrogens with zero attached hydrogens (tertiary/aromatic N) is 4. The smallest absolute Gasteiger partial charge is 0.249 e. The number of hydrogen-bond acceptors (Lipinski definition) is 6. The summed E-state index contributed by atoms with van der Waals surface area (Å²) >= 11 is 1.60. The van der Waals surface area contributed by atoms with Gasteiger partial charge in [-0.05, 0) is 17.5 Å². The first-order valence-electron chi connectivity index (χ1n) is 10.7. The van der Waals surface area contributed by atoms with Crippen LogP contribution in [0.5, 0.6) is 0 Å². The maximum absolute atomic E-state index is 12.9. The Bertz CT molecular complexity index is 818. The van der Waals surface area contributed by atoms with Gasteiger partial charge in [0.05, 0.1) is 11.6 Å². The zero-order valence-corrected chi connectivity index (χ0v) is 19.7. The van der Waals surface area contributed by atoms with Crippen LogP contribution in [0.2, 0.25) is 0 Å². The van der Waals surface area contributed by atoms with Crippen LogP contribution < -0.4 is 5.32 Å². The Morgan fingerprint density at radius 3 is 2.52 bits per heavy atom. The molecule has 0 radical (unpaired) electrons. The number of rotatable bonds is 5. The summed E-state index contributed by atoms with van der Waals surface area (Å²) in [6.45, 7) is 11.4. The van der Waals surface area contributed by atoms with Gasteiger partial charge in [0.1, 0.15) is 11.9 Å². The molecule has 9 heteroatoms. The van der Waals surface area contributed by atoms with E-state index in [0.29, 0.717) is 30.4 Å². The lowest BCUT2D eigenvalue weighted by Gasteiger charge is -2.34. The Morgan fingerprint density at radius 2 is 1.87 bits per heavy atom. The van der Waals surface area contributed by atoms with Crippen molar-refractivity contribution in [3.8, 4) is 0 Å². The molecule has 8 nitrogen and oxygen atoms in total. The first kappa shape index (κ1) is 23.5. The molecule has 0 spiro atoms. The molecule has 2 fully saturated rings.